The van der Waals surface area contributed by atoms with E-state index in [0.29, 0.717) is 11.5 Å². The average molecular weight is 297 g/mol. The highest BCUT2D eigenvalue weighted by Crippen LogP contribution is 2.41. The van der Waals surface area contributed by atoms with Crippen LogP contribution in [0.1, 0.15) is 40.5 Å². The Kier molecular flexibility index (Phi) is 5.35. The number of nitrogens with one attached hydrogen (secondary N) is 1. The van der Waals surface area contributed by atoms with Crippen LogP contribution in [0.15, 0.2) is 0 Å². The fraction of sp³-hybridized carbons (Fsp3) is 1.00. The molecule has 124 valence electrons. The first-order valence-electron chi connectivity index (χ1n) is 8.56. The van der Waals surface area contributed by atoms with Crippen LogP contribution in [0.3, 0.4) is 0 Å². The highest BCUT2D eigenvalue weighted by atomic mass is 16.3. The maximum atomic E-state index is 9.93. The lowest BCUT2D eigenvalue weighted by Gasteiger charge is -2.39. The van der Waals surface area contributed by atoms with Crippen LogP contribution in [-0.2, 0) is 0 Å². The first-order valence-corrected chi connectivity index (χ1v) is 8.56. The van der Waals surface area contributed by atoms with E-state index in [1.807, 2.05) is 13.8 Å². The zero-order chi connectivity index (χ0) is 15.7. The lowest BCUT2D eigenvalue weighted by molar-refractivity contribution is 0.0149. The molecule has 4 heteroatoms. The molecule has 0 amide bonds. The van der Waals surface area contributed by atoms with Gasteiger partial charge in [0, 0.05) is 45.3 Å². The van der Waals surface area contributed by atoms with Gasteiger partial charge in [-0.05, 0) is 45.1 Å². The predicted molar refractivity (Wildman–Crippen MR) is 88.5 cm³/mol. The number of β-amino-alcohol motifs (C(OH)–C–C–N with tert-alkyl or cyclic N) is 1. The van der Waals surface area contributed by atoms with Gasteiger partial charge in [-0.25, -0.2) is 0 Å². The second-order valence-electron chi connectivity index (χ2n) is 8.44. The van der Waals surface area contributed by atoms with E-state index < -0.39 is 5.60 Å². The number of hydrogen-bond donors (Lipinski definition) is 2. The average Bonchev–Trinajstić information content (AvgIpc) is 2.64. The third-order valence-corrected chi connectivity index (χ3v) is 5.35. The largest absolute Gasteiger partial charge is 0.389 e. The fourth-order valence-electron chi connectivity index (χ4n) is 4.35. The van der Waals surface area contributed by atoms with Crippen molar-refractivity contribution in [1.82, 2.24) is 15.1 Å². The highest BCUT2D eigenvalue weighted by molar-refractivity contribution is 4.96. The second kappa shape index (κ2) is 6.53. The maximum Gasteiger partial charge on any atom is 0.0718 e. The first-order chi connectivity index (χ1) is 9.71. The van der Waals surface area contributed by atoms with Gasteiger partial charge in [-0.2, -0.15) is 0 Å². The Bertz CT molecular complexity index is 329. The molecule has 1 saturated heterocycles. The second-order valence-corrected chi connectivity index (χ2v) is 8.44. The minimum atomic E-state index is -0.575. The molecule has 1 saturated carbocycles. The normalized spacial score (nSPS) is 31.7. The van der Waals surface area contributed by atoms with Crippen molar-refractivity contribution < 1.29 is 5.11 Å². The smallest absolute Gasteiger partial charge is 0.0718 e. The minimum absolute atomic E-state index is 0.433. The lowest BCUT2D eigenvalue weighted by Crippen LogP contribution is -2.52. The molecule has 21 heavy (non-hydrogen) atoms. The summed E-state index contributed by atoms with van der Waals surface area (Å²) < 4.78 is 0. The van der Waals surface area contributed by atoms with Crippen molar-refractivity contribution in [2.75, 3.05) is 46.3 Å². The van der Waals surface area contributed by atoms with Crippen molar-refractivity contribution in [3.8, 4) is 0 Å². The van der Waals surface area contributed by atoms with E-state index in [0.717, 1.165) is 38.6 Å². The van der Waals surface area contributed by atoms with Gasteiger partial charge in [0.2, 0.25) is 0 Å². The van der Waals surface area contributed by atoms with E-state index in [-0.39, 0.29) is 0 Å². The summed E-state index contributed by atoms with van der Waals surface area (Å²) in [6, 6.07) is 0.645. The van der Waals surface area contributed by atoms with Gasteiger partial charge in [-0.3, -0.25) is 4.90 Å². The van der Waals surface area contributed by atoms with Crippen LogP contribution in [0.5, 0.6) is 0 Å². The minimum Gasteiger partial charge on any atom is -0.389 e. The van der Waals surface area contributed by atoms with Gasteiger partial charge < -0.3 is 15.3 Å². The number of nitrogens with zero attached hydrogens (tertiary/aromatic N) is 2. The summed E-state index contributed by atoms with van der Waals surface area (Å²) in [6.07, 6.45) is 2.68. The summed E-state index contributed by atoms with van der Waals surface area (Å²) in [6.45, 7) is 15.1. The molecule has 4 nitrogen and oxygen atoms in total. The van der Waals surface area contributed by atoms with Crippen molar-refractivity contribution >= 4 is 0 Å². The summed E-state index contributed by atoms with van der Waals surface area (Å²) in [7, 11) is 2.12. The van der Waals surface area contributed by atoms with E-state index in [1.165, 1.54) is 19.4 Å². The molecule has 2 N–H and O–H groups in total. The molecule has 2 unspecified atom stereocenters. The predicted octanol–water partition coefficient (Wildman–Crippen LogP) is 1.40. The van der Waals surface area contributed by atoms with Gasteiger partial charge in [0.15, 0.2) is 0 Å². The zero-order valence-corrected chi connectivity index (χ0v) is 14.7. The van der Waals surface area contributed by atoms with Crippen molar-refractivity contribution in [3.05, 3.63) is 0 Å². The van der Waals surface area contributed by atoms with Gasteiger partial charge in [-0.15, -0.1) is 0 Å². The molecular weight excluding hydrogens is 262 g/mol. The van der Waals surface area contributed by atoms with Gasteiger partial charge >= 0.3 is 0 Å². The van der Waals surface area contributed by atoms with Crippen LogP contribution in [-0.4, -0.2) is 72.9 Å². The number of piperazine rings is 1. The van der Waals surface area contributed by atoms with Crippen molar-refractivity contribution in [3.63, 3.8) is 0 Å². The van der Waals surface area contributed by atoms with Crippen LogP contribution in [0.25, 0.3) is 0 Å². The highest BCUT2D eigenvalue weighted by Gasteiger charge is 2.41. The molecule has 2 rings (SSSR count). The topological polar surface area (TPSA) is 38.7 Å². The molecule has 2 fully saturated rings. The van der Waals surface area contributed by atoms with E-state index >= 15 is 0 Å². The molecule has 2 aliphatic rings. The standard InChI is InChI=1S/C17H35N3O/c1-16(2)7-6-14(15(16)18-5)12-19-8-10-20(11-9-19)13-17(3,4)21/h14-15,18,21H,6-13H2,1-5H3. The van der Waals surface area contributed by atoms with E-state index in [9.17, 15) is 5.11 Å². The fourth-order valence-corrected chi connectivity index (χ4v) is 4.35. The van der Waals surface area contributed by atoms with E-state index in [4.69, 9.17) is 0 Å². The Morgan fingerprint density at radius 1 is 1.14 bits per heavy atom. The Labute approximate surface area is 130 Å². The Morgan fingerprint density at radius 2 is 1.71 bits per heavy atom. The Balaban J connectivity index is 1.79. The van der Waals surface area contributed by atoms with Crippen LogP contribution in [0.2, 0.25) is 0 Å². The number of aliphatic hydroxyl groups is 1. The lowest BCUT2D eigenvalue weighted by atomic mass is 9.85. The number of rotatable bonds is 5. The molecule has 0 radical (unpaired) electrons. The number of hydrogen-bond acceptors (Lipinski definition) is 4. The molecule has 0 spiro atoms. The first kappa shape index (κ1) is 17.2. The SMILES string of the molecule is CNC1C(CN2CCN(CC(C)(C)O)CC2)CCC1(C)C. The summed E-state index contributed by atoms with van der Waals surface area (Å²) in [4.78, 5) is 5.02. The third-order valence-electron chi connectivity index (χ3n) is 5.35. The Hall–Kier alpha value is -0.160. The Morgan fingerprint density at radius 3 is 2.24 bits per heavy atom. The zero-order valence-electron chi connectivity index (χ0n) is 14.7. The quantitative estimate of drug-likeness (QED) is 0.804. The molecule has 1 aliphatic carbocycles. The van der Waals surface area contributed by atoms with Crippen LogP contribution < -0.4 is 5.32 Å². The van der Waals surface area contributed by atoms with Crippen LogP contribution in [0.4, 0.5) is 0 Å². The van der Waals surface area contributed by atoms with E-state index in [1.54, 1.807) is 0 Å². The molecule has 0 aromatic rings. The summed E-state index contributed by atoms with van der Waals surface area (Å²) in [5.74, 6) is 0.783. The molecule has 1 heterocycles. The molecule has 0 aromatic carbocycles. The van der Waals surface area contributed by atoms with Gasteiger partial charge in [-0.1, -0.05) is 13.8 Å². The van der Waals surface area contributed by atoms with Crippen LogP contribution in [0, 0.1) is 11.3 Å². The molecule has 1 aliphatic heterocycles. The summed E-state index contributed by atoms with van der Waals surface area (Å²) in [5.41, 5.74) is -0.142. The monoisotopic (exact) mass is 297 g/mol. The van der Waals surface area contributed by atoms with E-state index in [2.05, 4.69) is 36.0 Å². The van der Waals surface area contributed by atoms with Crippen molar-refractivity contribution in [2.45, 2.75) is 52.2 Å². The third kappa shape index (κ3) is 4.65. The van der Waals surface area contributed by atoms with Crippen molar-refractivity contribution in [2.24, 2.45) is 11.3 Å². The van der Waals surface area contributed by atoms with Gasteiger partial charge in [0.05, 0.1) is 5.60 Å². The van der Waals surface area contributed by atoms with Gasteiger partial charge in [0.1, 0.15) is 0 Å². The van der Waals surface area contributed by atoms with Gasteiger partial charge in [0.25, 0.3) is 0 Å². The van der Waals surface area contributed by atoms with Crippen LogP contribution >= 0.6 is 0 Å². The molecule has 0 bridgehead atoms. The molecule has 2 atom stereocenters. The summed E-state index contributed by atoms with van der Waals surface area (Å²) in [5, 5.41) is 13.5. The molecular formula is C17H35N3O. The van der Waals surface area contributed by atoms with Crippen molar-refractivity contribution in [1.29, 1.82) is 0 Å². The maximum absolute atomic E-state index is 9.93. The summed E-state index contributed by atoms with van der Waals surface area (Å²) >= 11 is 0. The molecule has 0 aromatic heterocycles.